The summed E-state index contributed by atoms with van der Waals surface area (Å²) in [5, 5.41) is 11.7. The number of urea groups is 1. The quantitative estimate of drug-likeness (QED) is 0.824. The third-order valence-electron chi connectivity index (χ3n) is 3.80. The summed E-state index contributed by atoms with van der Waals surface area (Å²) in [6.07, 6.45) is 4.26. The molecule has 0 saturated carbocycles. The predicted molar refractivity (Wildman–Crippen MR) is 74.1 cm³/mol. The smallest absolute Gasteiger partial charge is 0.326 e. The summed E-state index contributed by atoms with van der Waals surface area (Å²) >= 11 is 0. The molecule has 0 aliphatic carbocycles. The molecule has 0 radical (unpaired) electrons. The maximum atomic E-state index is 12.1. The highest BCUT2D eigenvalue weighted by molar-refractivity contribution is 5.82. The molecular weight excluding hydrogens is 244 g/mol. The number of hydrogen-bond acceptors (Lipinski definition) is 2. The monoisotopic (exact) mass is 270 g/mol. The van der Waals surface area contributed by atoms with Crippen molar-refractivity contribution in [2.45, 2.75) is 58.9 Å². The van der Waals surface area contributed by atoms with Crippen LogP contribution in [0.1, 0.15) is 52.9 Å². The van der Waals surface area contributed by atoms with Crippen LogP contribution < -0.4 is 5.32 Å². The molecule has 0 bridgehead atoms. The topological polar surface area (TPSA) is 69.6 Å². The summed E-state index contributed by atoms with van der Waals surface area (Å²) in [5.41, 5.74) is 0.268. The number of carboxylic acid groups (broad SMARTS) is 1. The van der Waals surface area contributed by atoms with Gasteiger partial charge in [0, 0.05) is 13.1 Å². The molecule has 110 valence electrons. The Kier molecular flexibility index (Phi) is 5.63. The molecule has 0 aromatic rings. The number of amides is 2. The van der Waals surface area contributed by atoms with Crippen LogP contribution in [0.3, 0.4) is 0 Å². The molecule has 2 N–H and O–H groups in total. The molecule has 1 saturated heterocycles. The first-order valence-electron chi connectivity index (χ1n) is 7.14. The van der Waals surface area contributed by atoms with E-state index in [1.165, 1.54) is 0 Å². The second-order valence-corrected chi connectivity index (χ2v) is 6.13. The van der Waals surface area contributed by atoms with Gasteiger partial charge in [0.05, 0.1) is 0 Å². The van der Waals surface area contributed by atoms with E-state index in [0.717, 1.165) is 25.7 Å². The van der Waals surface area contributed by atoms with Gasteiger partial charge in [0.25, 0.3) is 0 Å². The lowest BCUT2D eigenvalue weighted by Crippen LogP contribution is -2.48. The van der Waals surface area contributed by atoms with Crippen molar-refractivity contribution in [2.75, 3.05) is 13.1 Å². The summed E-state index contributed by atoms with van der Waals surface area (Å²) in [7, 11) is 0. The van der Waals surface area contributed by atoms with Crippen molar-refractivity contribution in [3.63, 3.8) is 0 Å². The fraction of sp³-hybridized carbons (Fsp3) is 0.857. The van der Waals surface area contributed by atoms with Crippen LogP contribution in [0.15, 0.2) is 0 Å². The number of likely N-dealkylation sites (tertiary alicyclic amines) is 1. The highest BCUT2D eigenvalue weighted by atomic mass is 16.4. The second kappa shape index (κ2) is 6.78. The highest BCUT2D eigenvalue weighted by Crippen LogP contribution is 2.29. The molecule has 1 heterocycles. The minimum absolute atomic E-state index is 0.237. The third kappa shape index (κ3) is 5.09. The number of nitrogens with zero attached hydrogens (tertiary/aromatic N) is 1. The van der Waals surface area contributed by atoms with Crippen LogP contribution in [-0.4, -0.2) is 41.1 Å². The number of aliphatic carboxylic acids is 1. The number of rotatable bonds is 4. The van der Waals surface area contributed by atoms with Gasteiger partial charge in [-0.05, 0) is 31.1 Å². The van der Waals surface area contributed by atoms with Gasteiger partial charge in [-0.15, -0.1) is 0 Å². The molecule has 1 atom stereocenters. The van der Waals surface area contributed by atoms with Crippen LogP contribution in [0.25, 0.3) is 0 Å². The van der Waals surface area contributed by atoms with E-state index in [0.29, 0.717) is 19.5 Å². The van der Waals surface area contributed by atoms with Gasteiger partial charge < -0.3 is 15.3 Å². The molecule has 0 unspecified atom stereocenters. The minimum Gasteiger partial charge on any atom is -0.480 e. The molecule has 1 fully saturated rings. The lowest BCUT2D eigenvalue weighted by molar-refractivity contribution is -0.139. The summed E-state index contributed by atoms with van der Waals surface area (Å²) in [4.78, 5) is 24.9. The molecule has 0 aromatic carbocycles. The van der Waals surface area contributed by atoms with E-state index in [4.69, 9.17) is 5.11 Å². The van der Waals surface area contributed by atoms with E-state index in [-0.39, 0.29) is 11.4 Å². The summed E-state index contributed by atoms with van der Waals surface area (Å²) < 4.78 is 0. The van der Waals surface area contributed by atoms with Crippen LogP contribution in [-0.2, 0) is 4.79 Å². The van der Waals surface area contributed by atoms with Crippen molar-refractivity contribution in [1.82, 2.24) is 10.2 Å². The minimum atomic E-state index is -0.953. The van der Waals surface area contributed by atoms with Gasteiger partial charge in [-0.2, -0.15) is 0 Å². The van der Waals surface area contributed by atoms with Crippen molar-refractivity contribution in [1.29, 1.82) is 0 Å². The molecule has 0 aromatic heterocycles. The normalized spacial score (nSPS) is 20.5. The Balaban J connectivity index is 2.54. The first-order valence-corrected chi connectivity index (χ1v) is 7.14. The fourth-order valence-electron chi connectivity index (χ4n) is 2.41. The highest BCUT2D eigenvalue weighted by Gasteiger charge is 2.27. The van der Waals surface area contributed by atoms with Crippen molar-refractivity contribution in [3.8, 4) is 0 Å². The van der Waals surface area contributed by atoms with Crippen molar-refractivity contribution < 1.29 is 14.7 Å². The van der Waals surface area contributed by atoms with E-state index in [1.807, 2.05) is 6.92 Å². The first kappa shape index (κ1) is 15.8. The molecule has 1 rings (SSSR count). The maximum Gasteiger partial charge on any atom is 0.326 e. The molecule has 1 aliphatic heterocycles. The zero-order valence-electron chi connectivity index (χ0n) is 12.2. The average Bonchev–Trinajstić information content (AvgIpc) is 2.49. The van der Waals surface area contributed by atoms with E-state index >= 15 is 0 Å². The number of nitrogens with one attached hydrogen (secondary N) is 1. The van der Waals surface area contributed by atoms with Gasteiger partial charge in [0.1, 0.15) is 6.04 Å². The zero-order chi connectivity index (χ0) is 14.5. The number of carbonyl (C=O) groups is 2. The Morgan fingerprint density at radius 2 is 2.00 bits per heavy atom. The lowest BCUT2D eigenvalue weighted by Gasteiger charge is -2.25. The molecule has 5 heteroatoms. The largest absolute Gasteiger partial charge is 0.480 e. The van der Waals surface area contributed by atoms with Crippen LogP contribution >= 0.6 is 0 Å². The molecular formula is C14H26N2O3. The molecule has 19 heavy (non-hydrogen) atoms. The number of hydrogen-bond donors (Lipinski definition) is 2. The Morgan fingerprint density at radius 3 is 2.58 bits per heavy atom. The molecule has 0 spiro atoms. The fourth-order valence-corrected chi connectivity index (χ4v) is 2.41. The maximum absolute atomic E-state index is 12.1. The standard InChI is InChI=1S/C14H26N2O3/c1-4-6-11(12(17)18)15-13(19)16-9-5-7-14(2,3)8-10-16/h11H,4-10H2,1-3H3,(H,15,19)(H,17,18)/t11-/m0/s1. The summed E-state index contributed by atoms with van der Waals surface area (Å²) in [6, 6.07) is -1.01. The number of carboxylic acids is 1. The molecule has 5 nitrogen and oxygen atoms in total. The van der Waals surface area contributed by atoms with Gasteiger partial charge >= 0.3 is 12.0 Å². The van der Waals surface area contributed by atoms with Gasteiger partial charge in [0.2, 0.25) is 0 Å². The Morgan fingerprint density at radius 1 is 1.32 bits per heavy atom. The molecule has 1 aliphatic rings. The van der Waals surface area contributed by atoms with Crippen LogP contribution in [0.4, 0.5) is 4.79 Å². The predicted octanol–water partition coefficient (Wildman–Crippen LogP) is 2.46. The van der Waals surface area contributed by atoms with E-state index in [1.54, 1.807) is 4.90 Å². The zero-order valence-corrected chi connectivity index (χ0v) is 12.2. The SMILES string of the molecule is CCC[C@H](NC(=O)N1CCCC(C)(C)CC1)C(=O)O. The van der Waals surface area contributed by atoms with Gasteiger partial charge in [-0.25, -0.2) is 9.59 Å². The Hall–Kier alpha value is -1.26. The molecule has 2 amide bonds. The van der Waals surface area contributed by atoms with Crippen LogP contribution in [0.5, 0.6) is 0 Å². The van der Waals surface area contributed by atoms with Gasteiger partial charge in [-0.3, -0.25) is 0 Å². The van der Waals surface area contributed by atoms with E-state index < -0.39 is 12.0 Å². The number of carbonyl (C=O) groups excluding carboxylic acids is 1. The Bertz CT molecular complexity index is 329. The third-order valence-corrected chi connectivity index (χ3v) is 3.80. The van der Waals surface area contributed by atoms with E-state index in [2.05, 4.69) is 19.2 Å². The van der Waals surface area contributed by atoms with E-state index in [9.17, 15) is 9.59 Å². The van der Waals surface area contributed by atoms with Crippen molar-refractivity contribution >= 4 is 12.0 Å². The average molecular weight is 270 g/mol. The van der Waals surface area contributed by atoms with Crippen LogP contribution in [0, 0.1) is 5.41 Å². The van der Waals surface area contributed by atoms with Crippen molar-refractivity contribution in [3.05, 3.63) is 0 Å². The van der Waals surface area contributed by atoms with Gasteiger partial charge in [-0.1, -0.05) is 27.2 Å². The van der Waals surface area contributed by atoms with Crippen molar-refractivity contribution in [2.24, 2.45) is 5.41 Å². The first-order chi connectivity index (χ1) is 8.85. The summed E-state index contributed by atoms with van der Waals surface area (Å²) in [5.74, 6) is -0.953. The Labute approximate surface area is 115 Å². The lowest BCUT2D eigenvalue weighted by atomic mass is 9.85. The summed E-state index contributed by atoms with van der Waals surface area (Å²) in [6.45, 7) is 7.76. The second-order valence-electron chi connectivity index (χ2n) is 6.13. The van der Waals surface area contributed by atoms with Gasteiger partial charge in [0.15, 0.2) is 0 Å². The van der Waals surface area contributed by atoms with Crippen LogP contribution in [0.2, 0.25) is 0 Å².